The fraction of sp³-hybridized carbons (Fsp3) is 0.389. The minimum absolute atomic E-state index is 0.154. The summed E-state index contributed by atoms with van der Waals surface area (Å²) in [7, 11) is 0. The van der Waals surface area contributed by atoms with Gasteiger partial charge in [-0.15, -0.1) is 0 Å². The topological polar surface area (TPSA) is 54.5 Å². The van der Waals surface area contributed by atoms with Gasteiger partial charge in [-0.25, -0.2) is 4.90 Å². The van der Waals surface area contributed by atoms with E-state index in [1.54, 1.807) is 12.1 Å². The van der Waals surface area contributed by atoms with Crippen molar-refractivity contribution in [3.63, 3.8) is 0 Å². The number of amides is 3. The molecule has 0 N–H and O–H groups in total. The lowest BCUT2D eigenvalue weighted by molar-refractivity contribution is -0.136. The second-order valence-electron chi connectivity index (χ2n) is 6.98. The number of allylic oxidation sites excluding steroid dienone is 2. The Bertz CT molecular complexity index is 748. The van der Waals surface area contributed by atoms with E-state index < -0.39 is 5.91 Å². The van der Waals surface area contributed by atoms with Crippen LogP contribution in [0.5, 0.6) is 0 Å². The molecule has 6 atom stereocenters. The largest absolute Gasteiger partial charge is 0.274 e. The highest BCUT2D eigenvalue weighted by molar-refractivity contribution is 14.1. The first-order valence-corrected chi connectivity index (χ1v) is 9.02. The summed E-state index contributed by atoms with van der Waals surface area (Å²) >= 11 is 2.16. The predicted molar refractivity (Wildman–Crippen MR) is 90.0 cm³/mol. The van der Waals surface area contributed by atoms with Crippen LogP contribution in [-0.2, 0) is 9.59 Å². The number of imide groups is 3. The zero-order chi connectivity index (χ0) is 15.9. The zero-order valence-corrected chi connectivity index (χ0v) is 14.3. The summed E-state index contributed by atoms with van der Waals surface area (Å²) in [5, 5.41) is 0. The van der Waals surface area contributed by atoms with E-state index in [9.17, 15) is 14.4 Å². The first-order chi connectivity index (χ1) is 11.1. The quantitative estimate of drug-likeness (QED) is 0.400. The van der Waals surface area contributed by atoms with Crippen molar-refractivity contribution in [1.82, 2.24) is 4.90 Å². The third-order valence-electron chi connectivity index (χ3n) is 5.96. The number of benzene rings is 1. The normalized spacial score (nSPS) is 39.4. The fourth-order valence-corrected chi connectivity index (χ4v) is 5.24. The highest BCUT2D eigenvalue weighted by atomic mass is 127. The molecule has 4 nitrogen and oxygen atoms in total. The molecule has 1 aromatic carbocycles. The van der Waals surface area contributed by atoms with Crippen molar-refractivity contribution in [2.45, 2.75) is 6.42 Å². The molecule has 1 heterocycles. The molecule has 2 saturated carbocycles. The minimum atomic E-state index is -0.473. The molecule has 116 valence electrons. The molecule has 3 amide bonds. The van der Waals surface area contributed by atoms with Crippen molar-refractivity contribution in [3.8, 4) is 0 Å². The zero-order valence-electron chi connectivity index (χ0n) is 12.2. The summed E-state index contributed by atoms with van der Waals surface area (Å²) in [6, 6.07) is 6.98. The number of rotatable bonds is 1. The van der Waals surface area contributed by atoms with E-state index in [1.807, 2.05) is 12.1 Å². The summed E-state index contributed by atoms with van der Waals surface area (Å²) in [5.74, 6) is -0.252. The number of halogens is 1. The lowest BCUT2D eigenvalue weighted by atomic mass is 9.63. The van der Waals surface area contributed by atoms with Gasteiger partial charge in [0.05, 0.1) is 11.8 Å². The second kappa shape index (κ2) is 4.53. The minimum Gasteiger partial charge on any atom is -0.274 e. The maximum absolute atomic E-state index is 12.8. The molecule has 0 aromatic heterocycles. The Morgan fingerprint density at radius 2 is 1.48 bits per heavy atom. The molecule has 0 unspecified atom stereocenters. The van der Waals surface area contributed by atoms with E-state index in [1.165, 1.54) is 0 Å². The highest BCUT2D eigenvalue weighted by Crippen LogP contribution is 2.65. The van der Waals surface area contributed by atoms with Crippen LogP contribution in [0.2, 0.25) is 0 Å². The van der Waals surface area contributed by atoms with Crippen LogP contribution in [0.3, 0.4) is 0 Å². The van der Waals surface area contributed by atoms with Crippen LogP contribution in [0.1, 0.15) is 16.8 Å². The van der Waals surface area contributed by atoms with Gasteiger partial charge in [0.2, 0.25) is 11.8 Å². The summed E-state index contributed by atoms with van der Waals surface area (Å²) in [6.07, 6.45) is 5.36. The van der Waals surface area contributed by atoms with Crippen molar-refractivity contribution in [2.75, 3.05) is 0 Å². The Morgan fingerprint density at radius 1 is 0.957 bits per heavy atom. The molecular weight excluding hydrogens is 405 g/mol. The van der Waals surface area contributed by atoms with Crippen LogP contribution < -0.4 is 0 Å². The first-order valence-electron chi connectivity index (χ1n) is 7.94. The lowest BCUT2D eigenvalue weighted by Crippen LogP contribution is -2.40. The average Bonchev–Trinajstić information content (AvgIpc) is 3.32. The molecule has 1 saturated heterocycles. The highest BCUT2D eigenvalue weighted by Gasteiger charge is 2.67. The summed E-state index contributed by atoms with van der Waals surface area (Å²) in [6.45, 7) is 0. The van der Waals surface area contributed by atoms with Crippen molar-refractivity contribution < 1.29 is 14.4 Å². The summed E-state index contributed by atoms with van der Waals surface area (Å²) in [4.78, 5) is 39.3. The van der Waals surface area contributed by atoms with Gasteiger partial charge in [-0.3, -0.25) is 14.4 Å². The Morgan fingerprint density at radius 3 is 2.00 bits per heavy atom. The molecule has 23 heavy (non-hydrogen) atoms. The van der Waals surface area contributed by atoms with Crippen molar-refractivity contribution in [2.24, 2.45) is 35.5 Å². The number of hydrogen-bond donors (Lipinski definition) is 0. The van der Waals surface area contributed by atoms with Crippen LogP contribution in [0, 0.1) is 39.1 Å². The van der Waals surface area contributed by atoms with E-state index in [2.05, 4.69) is 34.7 Å². The van der Waals surface area contributed by atoms with Gasteiger partial charge in [-0.05, 0) is 76.9 Å². The summed E-state index contributed by atoms with van der Waals surface area (Å²) in [5.41, 5.74) is 0.399. The maximum atomic E-state index is 12.8. The van der Waals surface area contributed by atoms with Crippen LogP contribution >= 0.6 is 22.6 Å². The molecule has 0 radical (unpaired) electrons. The number of nitrogens with zero attached hydrogens (tertiary/aromatic N) is 1. The molecule has 3 fully saturated rings. The molecule has 1 aromatic rings. The molecule has 6 rings (SSSR count). The smallest absolute Gasteiger partial charge is 0.267 e. The number of likely N-dealkylation sites (tertiary alicyclic amines) is 1. The van der Waals surface area contributed by atoms with E-state index in [4.69, 9.17) is 0 Å². The SMILES string of the molecule is O=C(c1ccc(I)cc1)N1C(=O)[C@@H]2[C@H]3C=C[C@@H]([C@@H]4C[C@H]34)[C@@H]2C1=O. The van der Waals surface area contributed by atoms with Gasteiger partial charge in [0.1, 0.15) is 0 Å². The third kappa shape index (κ3) is 1.74. The van der Waals surface area contributed by atoms with E-state index in [-0.39, 0.29) is 35.5 Å². The Kier molecular flexibility index (Phi) is 2.73. The lowest BCUT2D eigenvalue weighted by Gasteiger charge is -2.37. The standard InChI is InChI=1S/C18H14INO3/c19-9-3-1-8(2-4-9)16(21)20-17(22)14-10-5-6-11(13-7-12(10)13)15(14)18(20)23/h1-6,10-15H,7H2/t10-,11-,12-,13+,14-,15+/m0/s1. The van der Waals surface area contributed by atoms with Crippen molar-refractivity contribution in [1.29, 1.82) is 0 Å². The number of carbonyl (C=O) groups is 3. The average molecular weight is 419 g/mol. The monoisotopic (exact) mass is 419 g/mol. The van der Waals surface area contributed by atoms with Gasteiger partial charge in [0.15, 0.2) is 0 Å². The summed E-state index contributed by atoms with van der Waals surface area (Å²) < 4.78 is 1.01. The Balaban J connectivity index is 1.52. The van der Waals surface area contributed by atoms with Crippen LogP contribution in [0.4, 0.5) is 0 Å². The van der Waals surface area contributed by atoms with Gasteiger partial charge in [-0.1, -0.05) is 12.2 Å². The number of carbonyl (C=O) groups excluding carboxylic acids is 3. The molecule has 0 spiro atoms. The number of hydrogen-bond acceptors (Lipinski definition) is 3. The second-order valence-corrected chi connectivity index (χ2v) is 8.22. The van der Waals surface area contributed by atoms with Gasteiger partial charge in [-0.2, -0.15) is 0 Å². The Labute approximate surface area is 147 Å². The molecule has 4 aliphatic carbocycles. The van der Waals surface area contributed by atoms with Crippen molar-refractivity contribution >= 4 is 40.3 Å². The van der Waals surface area contributed by atoms with E-state index >= 15 is 0 Å². The predicted octanol–water partition coefficient (Wildman–Crippen LogP) is 2.48. The maximum Gasteiger partial charge on any atom is 0.267 e. The Hall–Kier alpha value is -1.50. The van der Waals surface area contributed by atoms with E-state index in [0.717, 1.165) is 14.9 Å². The van der Waals surface area contributed by atoms with Crippen LogP contribution in [0.15, 0.2) is 36.4 Å². The van der Waals surface area contributed by atoms with Crippen molar-refractivity contribution in [3.05, 3.63) is 45.6 Å². The van der Waals surface area contributed by atoms with Crippen LogP contribution in [-0.4, -0.2) is 22.6 Å². The first kappa shape index (κ1) is 13.9. The molecule has 5 heteroatoms. The van der Waals surface area contributed by atoms with Gasteiger partial charge >= 0.3 is 0 Å². The van der Waals surface area contributed by atoms with Gasteiger partial charge in [0.25, 0.3) is 5.91 Å². The molecule has 5 aliphatic rings. The molecular formula is C18H14INO3. The van der Waals surface area contributed by atoms with Gasteiger partial charge < -0.3 is 0 Å². The van der Waals surface area contributed by atoms with E-state index in [0.29, 0.717) is 17.4 Å². The molecule has 1 aliphatic heterocycles. The fourth-order valence-electron chi connectivity index (χ4n) is 4.88. The van der Waals surface area contributed by atoms with Gasteiger partial charge in [0, 0.05) is 9.13 Å². The third-order valence-corrected chi connectivity index (χ3v) is 6.68. The molecule has 2 bridgehead atoms. The van der Waals surface area contributed by atoms with Crippen LogP contribution in [0.25, 0.3) is 0 Å².